The maximum absolute atomic E-state index is 5.97. The predicted octanol–water partition coefficient (Wildman–Crippen LogP) is 3.59. The smallest absolute Gasteiger partial charge is 0.106 e. The lowest BCUT2D eigenvalue weighted by atomic mass is 10.1. The Morgan fingerprint density at radius 2 is 2.19 bits per heavy atom. The van der Waals surface area contributed by atoms with Crippen LogP contribution in [0.3, 0.4) is 0 Å². The molecule has 92 valence electrons. The molecule has 3 unspecified atom stereocenters. The van der Waals surface area contributed by atoms with Crippen molar-refractivity contribution in [3.63, 3.8) is 0 Å². The van der Waals surface area contributed by atoms with Crippen molar-refractivity contribution in [2.75, 3.05) is 6.61 Å². The molecule has 0 aliphatic carbocycles. The quantitative estimate of drug-likeness (QED) is 0.791. The van der Waals surface area contributed by atoms with Gasteiger partial charge < -0.3 is 10.5 Å². The molecular formula is C13H23NOS. The van der Waals surface area contributed by atoms with E-state index in [2.05, 4.69) is 25.3 Å². The van der Waals surface area contributed by atoms with Crippen LogP contribution >= 0.6 is 11.3 Å². The van der Waals surface area contributed by atoms with Crippen LogP contribution in [0.15, 0.2) is 17.5 Å². The Labute approximate surface area is 103 Å². The van der Waals surface area contributed by atoms with Crippen LogP contribution in [0.1, 0.15) is 44.6 Å². The van der Waals surface area contributed by atoms with Gasteiger partial charge in [-0.15, -0.1) is 11.3 Å². The van der Waals surface area contributed by atoms with E-state index in [9.17, 15) is 0 Å². The molecule has 0 saturated heterocycles. The molecule has 0 aliphatic heterocycles. The van der Waals surface area contributed by atoms with Crippen LogP contribution in [-0.2, 0) is 4.74 Å². The van der Waals surface area contributed by atoms with E-state index >= 15 is 0 Å². The number of nitrogens with two attached hydrogens (primary N) is 1. The second-order valence-corrected chi connectivity index (χ2v) is 5.50. The molecule has 0 saturated carbocycles. The molecule has 0 aromatic carbocycles. The van der Waals surface area contributed by atoms with Gasteiger partial charge in [0, 0.05) is 10.9 Å². The first-order valence-corrected chi connectivity index (χ1v) is 6.93. The van der Waals surface area contributed by atoms with E-state index in [0.29, 0.717) is 5.92 Å². The molecule has 0 spiro atoms. The summed E-state index contributed by atoms with van der Waals surface area (Å²) in [6.07, 6.45) is 2.49. The minimum atomic E-state index is 0.0486. The summed E-state index contributed by atoms with van der Waals surface area (Å²) in [5, 5.41) is 2.07. The fourth-order valence-electron chi connectivity index (χ4n) is 1.79. The average molecular weight is 241 g/mol. The van der Waals surface area contributed by atoms with Crippen LogP contribution < -0.4 is 5.73 Å². The zero-order valence-electron chi connectivity index (χ0n) is 10.5. The van der Waals surface area contributed by atoms with Crippen LogP contribution in [0.4, 0.5) is 0 Å². The maximum atomic E-state index is 5.97. The lowest BCUT2D eigenvalue weighted by Gasteiger charge is -2.22. The fraction of sp³-hybridized carbons (Fsp3) is 0.692. The molecule has 3 heteroatoms. The van der Waals surface area contributed by atoms with E-state index in [0.717, 1.165) is 6.61 Å². The van der Waals surface area contributed by atoms with Crippen molar-refractivity contribution in [2.45, 2.75) is 45.8 Å². The van der Waals surface area contributed by atoms with Crippen molar-refractivity contribution in [3.05, 3.63) is 22.4 Å². The zero-order valence-corrected chi connectivity index (χ0v) is 11.3. The van der Waals surface area contributed by atoms with Gasteiger partial charge in [-0.05, 0) is 30.7 Å². The molecule has 1 aromatic heterocycles. The van der Waals surface area contributed by atoms with Crippen molar-refractivity contribution in [1.29, 1.82) is 0 Å². The van der Waals surface area contributed by atoms with Gasteiger partial charge in [0.15, 0.2) is 0 Å². The predicted molar refractivity (Wildman–Crippen MR) is 70.7 cm³/mol. The summed E-state index contributed by atoms with van der Waals surface area (Å²) in [6, 6.07) is 4.20. The van der Waals surface area contributed by atoms with Gasteiger partial charge in [0.1, 0.15) is 6.10 Å². The molecule has 3 atom stereocenters. The van der Waals surface area contributed by atoms with Crippen molar-refractivity contribution in [1.82, 2.24) is 0 Å². The molecule has 0 fully saturated rings. The highest BCUT2D eigenvalue weighted by atomic mass is 32.1. The van der Waals surface area contributed by atoms with Crippen molar-refractivity contribution in [3.8, 4) is 0 Å². The summed E-state index contributed by atoms with van der Waals surface area (Å²) in [7, 11) is 0. The Hall–Kier alpha value is -0.380. The van der Waals surface area contributed by atoms with Gasteiger partial charge >= 0.3 is 0 Å². The molecule has 2 nitrogen and oxygen atoms in total. The average Bonchev–Trinajstić information content (AvgIpc) is 2.71. The Kier molecular flexibility index (Phi) is 6.03. The summed E-state index contributed by atoms with van der Waals surface area (Å²) in [6.45, 7) is 7.25. The van der Waals surface area contributed by atoms with Gasteiger partial charge in [0.25, 0.3) is 0 Å². The molecule has 1 heterocycles. The number of ether oxygens (including phenoxy) is 1. The van der Waals surface area contributed by atoms with Crippen LogP contribution in [0.5, 0.6) is 0 Å². The Bertz CT molecular complexity index is 271. The largest absolute Gasteiger partial charge is 0.371 e. The van der Waals surface area contributed by atoms with Gasteiger partial charge in [-0.2, -0.15) is 0 Å². The topological polar surface area (TPSA) is 35.2 Å². The fourth-order valence-corrected chi connectivity index (χ4v) is 2.68. The third-order valence-corrected chi connectivity index (χ3v) is 3.58. The third kappa shape index (κ3) is 4.24. The van der Waals surface area contributed by atoms with E-state index in [4.69, 9.17) is 10.5 Å². The highest BCUT2D eigenvalue weighted by Gasteiger charge is 2.18. The second kappa shape index (κ2) is 7.05. The SMILES string of the molecule is CCCC(C)COC(c1cccs1)C(C)N. The first-order chi connectivity index (χ1) is 7.65. The molecular weight excluding hydrogens is 218 g/mol. The molecule has 0 bridgehead atoms. The van der Waals surface area contributed by atoms with E-state index in [1.807, 2.05) is 13.0 Å². The summed E-state index contributed by atoms with van der Waals surface area (Å²) >= 11 is 1.72. The number of hydrogen-bond acceptors (Lipinski definition) is 3. The number of thiophene rings is 1. The van der Waals surface area contributed by atoms with Gasteiger partial charge in [-0.25, -0.2) is 0 Å². The summed E-state index contributed by atoms with van der Waals surface area (Å²) in [5.74, 6) is 0.617. The van der Waals surface area contributed by atoms with Gasteiger partial charge in [-0.1, -0.05) is 26.3 Å². The Balaban J connectivity index is 2.47. The molecule has 1 rings (SSSR count). The first kappa shape index (κ1) is 13.7. The number of hydrogen-bond donors (Lipinski definition) is 1. The highest BCUT2D eigenvalue weighted by molar-refractivity contribution is 7.10. The standard InChI is InChI=1S/C13H23NOS/c1-4-6-10(2)9-15-13(11(3)14)12-7-5-8-16-12/h5,7-8,10-11,13H,4,6,9,14H2,1-3H3. The Morgan fingerprint density at radius 3 is 2.69 bits per heavy atom. The first-order valence-electron chi connectivity index (χ1n) is 6.05. The van der Waals surface area contributed by atoms with Gasteiger partial charge in [0.2, 0.25) is 0 Å². The molecule has 2 N–H and O–H groups in total. The lowest BCUT2D eigenvalue weighted by molar-refractivity contribution is 0.0195. The summed E-state index contributed by atoms with van der Waals surface area (Å²) in [4.78, 5) is 1.23. The Morgan fingerprint density at radius 1 is 1.44 bits per heavy atom. The zero-order chi connectivity index (χ0) is 12.0. The van der Waals surface area contributed by atoms with Crippen molar-refractivity contribution >= 4 is 11.3 Å². The van der Waals surface area contributed by atoms with Crippen molar-refractivity contribution in [2.24, 2.45) is 11.7 Å². The van der Waals surface area contributed by atoms with Gasteiger partial charge in [-0.3, -0.25) is 0 Å². The minimum absolute atomic E-state index is 0.0486. The maximum Gasteiger partial charge on any atom is 0.106 e. The van der Waals surface area contributed by atoms with Crippen LogP contribution in [-0.4, -0.2) is 12.6 Å². The normalized spacial score (nSPS) is 17.0. The van der Waals surface area contributed by atoms with E-state index < -0.39 is 0 Å². The second-order valence-electron chi connectivity index (χ2n) is 4.52. The van der Waals surface area contributed by atoms with E-state index in [1.165, 1.54) is 17.7 Å². The third-order valence-electron chi connectivity index (χ3n) is 2.64. The molecule has 16 heavy (non-hydrogen) atoms. The molecule has 0 aliphatic rings. The molecule has 1 aromatic rings. The van der Waals surface area contributed by atoms with E-state index in [-0.39, 0.29) is 12.1 Å². The summed E-state index contributed by atoms with van der Waals surface area (Å²) in [5.41, 5.74) is 5.97. The van der Waals surface area contributed by atoms with Crippen LogP contribution in [0.25, 0.3) is 0 Å². The summed E-state index contributed by atoms with van der Waals surface area (Å²) < 4.78 is 5.95. The van der Waals surface area contributed by atoms with E-state index in [1.54, 1.807) is 11.3 Å². The number of rotatable bonds is 7. The molecule has 0 radical (unpaired) electrons. The molecule has 0 amide bonds. The minimum Gasteiger partial charge on any atom is -0.371 e. The highest BCUT2D eigenvalue weighted by Crippen LogP contribution is 2.25. The van der Waals surface area contributed by atoms with Crippen LogP contribution in [0.2, 0.25) is 0 Å². The monoisotopic (exact) mass is 241 g/mol. The van der Waals surface area contributed by atoms with Gasteiger partial charge in [0.05, 0.1) is 6.61 Å². The lowest BCUT2D eigenvalue weighted by Crippen LogP contribution is -2.27. The van der Waals surface area contributed by atoms with Crippen molar-refractivity contribution < 1.29 is 4.74 Å². The van der Waals surface area contributed by atoms with Crippen LogP contribution in [0, 0.1) is 5.92 Å².